The van der Waals surface area contributed by atoms with Crippen LogP contribution >= 0.6 is 0 Å². The zero-order valence-corrected chi connectivity index (χ0v) is 13.7. The molecule has 0 aliphatic rings. The minimum atomic E-state index is -3.76. The fourth-order valence-electron chi connectivity index (χ4n) is 2.49. The third-order valence-corrected chi connectivity index (χ3v) is 5.38. The summed E-state index contributed by atoms with van der Waals surface area (Å²) in [6, 6.07) is 13.6. The first-order valence-electron chi connectivity index (χ1n) is 7.23. The molecule has 0 aliphatic heterocycles. The maximum Gasteiger partial charge on any atom is 0.328 e. The van der Waals surface area contributed by atoms with Gasteiger partial charge in [-0.1, -0.05) is 35.9 Å². The van der Waals surface area contributed by atoms with Gasteiger partial charge in [0.05, 0.1) is 10.4 Å². The Balaban J connectivity index is 2.22. The Labute approximate surface area is 139 Å². The van der Waals surface area contributed by atoms with E-state index >= 15 is 0 Å². The van der Waals surface area contributed by atoms with Gasteiger partial charge in [-0.3, -0.25) is 0 Å². The fourth-order valence-corrected chi connectivity index (χ4v) is 3.87. The number of carbonyl (C=O) groups is 1. The van der Waals surface area contributed by atoms with E-state index in [-0.39, 0.29) is 4.90 Å². The molecule has 0 radical (unpaired) electrons. The summed E-state index contributed by atoms with van der Waals surface area (Å²) >= 11 is 0. The monoisotopic (exact) mass is 341 g/mol. The number of aryl methyl sites for hydroxylation is 1. The normalized spacial score (nSPS) is 12.0. The van der Waals surface area contributed by atoms with E-state index in [4.69, 9.17) is 5.11 Å². The predicted octanol–water partition coefficient (Wildman–Crippen LogP) is 3.28. The van der Waals surface area contributed by atoms with Crippen molar-refractivity contribution in [2.24, 2.45) is 0 Å². The maximum atomic E-state index is 12.9. The molecule has 5 nitrogen and oxygen atoms in total. The largest absolute Gasteiger partial charge is 0.478 e. The summed E-state index contributed by atoms with van der Waals surface area (Å²) < 4.78 is 27.1. The molecule has 0 bridgehead atoms. The molecule has 1 aromatic heterocycles. The Morgan fingerprint density at radius 1 is 1.08 bits per heavy atom. The number of aliphatic carboxylic acids is 1. The first kappa shape index (κ1) is 16.0. The zero-order chi connectivity index (χ0) is 17.3. The quantitative estimate of drug-likeness (QED) is 0.739. The summed E-state index contributed by atoms with van der Waals surface area (Å²) in [5, 5.41) is 9.48. The Morgan fingerprint density at radius 3 is 2.42 bits per heavy atom. The highest BCUT2D eigenvalue weighted by molar-refractivity contribution is 7.90. The van der Waals surface area contributed by atoms with Crippen LogP contribution in [0.15, 0.2) is 65.7 Å². The van der Waals surface area contributed by atoms with Crippen LogP contribution in [0.4, 0.5) is 0 Å². The summed E-state index contributed by atoms with van der Waals surface area (Å²) in [7, 11) is -3.76. The molecule has 0 aliphatic carbocycles. The van der Waals surface area contributed by atoms with Crippen molar-refractivity contribution in [3.05, 3.63) is 71.9 Å². The Hall–Kier alpha value is -2.86. The van der Waals surface area contributed by atoms with E-state index in [0.717, 1.165) is 11.6 Å². The lowest BCUT2D eigenvalue weighted by molar-refractivity contribution is -0.131. The van der Waals surface area contributed by atoms with Crippen LogP contribution in [0.3, 0.4) is 0 Å². The third-order valence-electron chi connectivity index (χ3n) is 3.69. The van der Waals surface area contributed by atoms with Crippen molar-refractivity contribution in [3.8, 4) is 0 Å². The topological polar surface area (TPSA) is 76.4 Å². The molecule has 122 valence electrons. The highest BCUT2D eigenvalue weighted by atomic mass is 32.2. The average Bonchev–Trinajstić information content (AvgIpc) is 2.93. The van der Waals surface area contributed by atoms with Crippen molar-refractivity contribution >= 4 is 33.0 Å². The molecule has 0 fully saturated rings. The number of carboxylic acid groups (broad SMARTS) is 1. The number of fused-ring (bicyclic) bond motifs is 1. The number of para-hydroxylation sites is 1. The molecule has 1 heterocycles. The second-order valence-electron chi connectivity index (χ2n) is 5.39. The number of carboxylic acids is 1. The smallest absolute Gasteiger partial charge is 0.328 e. The molecule has 6 heteroatoms. The molecule has 24 heavy (non-hydrogen) atoms. The van der Waals surface area contributed by atoms with Crippen LogP contribution in [0.1, 0.15) is 11.1 Å². The Bertz CT molecular complexity index is 1040. The van der Waals surface area contributed by atoms with E-state index in [1.165, 1.54) is 16.2 Å². The number of nitrogens with zero attached hydrogens (tertiary/aromatic N) is 1. The van der Waals surface area contributed by atoms with Gasteiger partial charge in [0.15, 0.2) is 0 Å². The summed E-state index contributed by atoms with van der Waals surface area (Å²) in [6.07, 6.45) is 3.83. The number of hydrogen-bond donors (Lipinski definition) is 1. The molecule has 0 spiro atoms. The minimum Gasteiger partial charge on any atom is -0.478 e. The van der Waals surface area contributed by atoms with E-state index in [0.29, 0.717) is 16.5 Å². The van der Waals surface area contributed by atoms with Crippen molar-refractivity contribution < 1.29 is 18.3 Å². The molecule has 3 aromatic rings. The van der Waals surface area contributed by atoms with Crippen LogP contribution in [-0.4, -0.2) is 23.5 Å². The van der Waals surface area contributed by atoms with Gasteiger partial charge in [0.1, 0.15) is 0 Å². The second kappa shape index (κ2) is 5.98. The average molecular weight is 341 g/mol. The van der Waals surface area contributed by atoms with Gasteiger partial charge in [-0.05, 0) is 31.2 Å². The van der Waals surface area contributed by atoms with E-state index in [1.54, 1.807) is 48.5 Å². The number of hydrogen-bond acceptors (Lipinski definition) is 3. The third kappa shape index (κ3) is 2.83. The molecule has 1 N–H and O–H groups in total. The van der Waals surface area contributed by atoms with E-state index in [1.807, 2.05) is 6.92 Å². The first-order chi connectivity index (χ1) is 11.4. The van der Waals surface area contributed by atoms with Crippen LogP contribution in [0.5, 0.6) is 0 Å². The summed E-state index contributed by atoms with van der Waals surface area (Å²) in [5.74, 6) is -1.09. The lowest BCUT2D eigenvalue weighted by atomic mass is 10.1. The second-order valence-corrected chi connectivity index (χ2v) is 7.20. The molecule has 3 rings (SSSR count). The number of benzene rings is 2. The highest BCUT2D eigenvalue weighted by Crippen LogP contribution is 2.27. The van der Waals surface area contributed by atoms with Crippen LogP contribution in [0, 0.1) is 6.92 Å². The molecule has 0 amide bonds. The van der Waals surface area contributed by atoms with Gasteiger partial charge in [0.2, 0.25) is 0 Å². The fraction of sp³-hybridized carbons (Fsp3) is 0.0556. The number of rotatable bonds is 4. The lowest BCUT2D eigenvalue weighted by Gasteiger charge is -2.07. The number of aromatic nitrogens is 1. The summed E-state index contributed by atoms with van der Waals surface area (Å²) in [4.78, 5) is 10.9. The van der Waals surface area contributed by atoms with Crippen LogP contribution < -0.4 is 0 Å². The summed E-state index contributed by atoms with van der Waals surface area (Å²) in [6.45, 7) is 1.89. The van der Waals surface area contributed by atoms with Crippen LogP contribution in [0.2, 0.25) is 0 Å². The minimum absolute atomic E-state index is 0.183. The van der Waals surface area contributed by atoms with Gasteiger partial charge in [0, 0.05) is 23.2 Å². The Kier molecular flexibility index (Phi) is 3.99. The summed E-state index contributed by atoms with van der Waals surface area (Å²) in [5.41, 5.74) is 2.00. The molecular weight excluding hydrogens is 326 g/mol. The van der Waals surface area contributed by atoms with Gasteiger partial charge < -0.3 is 5.11 Å². The van der Waals surface area contributed by atoms with Crippen LogP contribution in [0.25, 0.3) is 17.0 Å². The van der Waals surface area contributed by atoms with Gasteiger partial charge in [-0.2, -0.15) is 0 Å². The van der Waals surface area contributed by atoms with Gasteiger partial charge in [0.25, 0.3) is 10.0 Å². The highest BCUT2D eigenvalue weighted by Gasteiger charge is 2.20. The van der Waals surface area contributed by atoms with Crippen molar-refractivity contribution in [2.75, 3.05) is 0 Å². The van der Waals surface area contributed by atoms with Crippen molar-refractivity contribution in [1.29, 1.82) is 0 Å². The molecular formula is C18H15NO4S. The Morgan fingerprint density at radius 2 is 1.75 bits per heavy atom. The van der Waals surface area contributed by atoms with Crippen molar-refractivity contribution in [2.45, 2.75) is 11.8 Å². The maximum absolute atomic E-state index is 12.9. The molecule has 0 atom stereocenters. The van der Waals surface area contributed by atoms with Crippen molar-refractivity contribution in [3.63, 3.8) is 0 Å². The van der Waals surface area contributed by atoms with Crippen molar-refractivity contribution in [1.82, 2.24) is 3.97 Å². The molecule has 0 saturated heterocycles. The lowest BCUT2D eigenvalue weighted by Crippen LogP contribution is -2.11. The first-order valence-corrected chi connectivity index (χ1v) is 8.67. The van der Waals surface area contributed by atoms with Gasteiger partial charge in [-0.15, -0.1) is 0 Å². The van der Waals surface area contributed by atoms with Gasteiger partial charge in [-0.25, -0.2) is 17.2 Å². The van der Waals surface area contributed by atoms with E-state index in [2.05, 4.69) is 0 Å². The van der Waals surface area contributed by atoms with Gasteiger partial charge >= 0.3 is 5.97 Å². The van der Waals surface area contributed by atoms with E-state index < -0.39 is 16.0 Å². The molecule has 0 saturated carbocycles. The molecule has 0 unspecified atom stereocenters. The molecule has 2 aromatic carbocycles. The SMILES string of the molecule is Cc1ccc(S(=O)(=O)n2cc(C=CC(=O)O)c3ccccc32)cc1. The zero-order valence-electron chi connectivity index (χ0n) is 12.9. The standard InChI is InChI=1S/C18H15NO4S/c1-13-6-9-15(10-7-13)24(22,23)19-12-14(8-11-18(20)21)16-4-2-3-5-17(16)19/h2-12H,1H3,(H,20,21). The van der Waals surface area contributed by atoms with Crippen LogP contribution in [-0.2, 0) is 14.8 Å². The predicted molar refractivity (Wildman–Crippen MR) is 92.4 cm³/mol. The van der Waals surface area contributed by atoms with E-state index in [9.17, 15) is 13.2 Å².